The minimum absolute atomic E-state index is 0.0104. The third-order valence-electron chi connectivity index (χ3n) is 3.64. The van der Waals surface area contributed by atoms with E-state index in [9.17, 15) is 9.90 Å². The maximum atomic E-state index is 12.0. The number of ether oxygens (including phenoxy) is 1. The molecular weight excluding hydrogens is 242 g/mol. The molecule has 1 aliphatic rings. The Balaban J connectivity index is 1.80. The van der Waals surface area contributed by atoms with Crippen LogP contribution < -0.4 is 4.74 Å². The molecule has 0 saturated carbocycles. The molecule has 0 aliphatic carbocycles. The van der Waals surface area contributed by atoms with Crippen LogP contribution in [-0.4, -0.2) is 41.7 Å². The summed E-state index contributed by atoms with van der Waals surface area (Å²) in [5, 5.41) is 9.52. The summed E-state index contributed by atoms with van der Waals surface area (Å²) in [4.78, 5) is 13.7. The largest absolute Gasteiger partial charge is 0.484 e. The molecule has 0 bridgehead atoms. The Kier molecular flexibility index (Phi) is 4.43. The Bertz CT molecular complexity index is 428. The van der Waals surface area contributed by atoms with Gasteiger partial charge in [0, 0.05) is 19.0 Å². The minimum Gasteiger partial charge on any atom is -0.484 e. The van der Waals surface area contributed by atoms with Gasteiger partial charge in [-0.1, -0.05) is 17.7 Å². The van der Waals surface area contributed by atoms with Gasteiger partial charge in [0.2, 0.25) is 0 Å². The lowest BCUT2D eigenvalue weighted by molar-refractivity contribution is -0.132. The van der Waals surface area contributed by atoms with Gasteiger partial charge in [0.1, 0.15) is 5.75 Å². The predicted molar refractivity (Wildman–Crippen MR) is 73.0 cm³/mol. The van der Waals surface area contributed by atoms with E-state index < -0.39 is 0 Å². The number of hydrogen-bond donors (Lipinski definition) is 1. The van der Waals surface area contributed by atoms with Crippen LogP contribution in [0.5, 0.6) is 5.75 Å². The highest BCUT2D eigenvalue weighted by molar-refractivity contribution is 5.78. The lowest BCUT2D eigenvalue weighted by Gasteiger charge is -2.18. The van der Waals surface area contributed by atoms with Crippen LogP contribution in [0.3, 0.4) is 0 Å². The normalized spacial score (nSPS) is 20.4. The van der Waals surface area contributed by atoms with Crippen molar-refractivity contribution >= 4 is 5.91 Å². The van der Waals surface area contributed by atoms with Gasteiger partial charge in [-0.15, -0.1) is 0 Å². The number of amides is 1. The Morgan fingerprint density at radius 2 is 2.16 bits per heavy atom. The maximum absolute atomic E-state index is 12.0. The van der Waals surface area contributed by atoms with Gasteiger partial charge in [-0.05, 0) is 32.4 Å². The van der Waals surface area contributed by atoms with Crippen molar-refractivity contribution in [2.45, 2.75) is 26.4 Å². The zero-order chi connectivity index (χ0) is 13.8. The number of aliphatic hydroxyl groups is 1. The molecule has 2 atom stereocenters. The summed E-state index contributed by atoms with van der Waals surface area (Å²) in [6, 6.07) is 7.65. The standard InChI is InChI=1S/C15H21NO3/c1-11-3-5-14(6-4-11)19-10-15(18)16-8-7-13(9-16)12(2)17/h3-6,12-13,17H,7-10H2,1-2H3. The van der Waals surface area contributed by atoms with E-state index in [4.69, 9.17) is 4.74 Å². The summed E-state index contributed by atoms with van der Waals surface area (Å²) in [6.45, 7) is 5.20. The lowest BCUT2D eigenvalue weighted by atomic mass is 10.0. The van der Waals surface area contributed by atoms with Crippen molar-refractivity contribution in [3.05, 3.63) is 29.8 Å². The average Bonchev–Trinajstić information content (AvgIpc) is 2.87. The SMILES string of the molecule is Cc1ccc(OCC(=O)N2CCC(C(C)O)C2)cc1. The van der Waals surface area contributed by atoms with Crippen LogP contribution in [-0.2, 0) is 4.79 Å². The molecule has 1 aliphatic heterocycles. The number of rotatable bonds is 4. The monoisotopic (exact) mass is 263 g/mol. The van der Waals surface area contributed by atoms with Gasteiger partial charge in [0.25, 0.3) is 5.91 Å². The number of nitrogens with zero attached hydrogens (tertiary/aromatic N) is 1. The van der Waals surface area contributed by atoms with E-state index in [0.717, 1.165) is 12.0 Å². The molecule has 0 radical (unpaired) electrons. The number of aliphatic hydroxyl groups excluding tert-OH is 1. The summed E-state index contributed by atoms with van der Waals surface area (Å²) in [5.41, 5.74) is 1.16. The first kappa shape index (κ1) is 13.9. The van der Waals surface area contributed by atoms with E-state index in [1.54, 1.807) is 11.8 Å². The summed E-state index contributed by atoms with van der Waals surface area (Å²) in [7, 11) is 0. The van der Waals surface area contributed by atoms with Crippen LogP contribution >= 0.6 is 0 Å². The molecule has 1 aromatic carbocycles. The molecule has 0 spiro atoms. The molecule has 0 aromatic heterocycles. The second kappa shape index (κ2) is 6.06. The van der Waals surface area contributed by atoms with Crippen molar-refractivity contribution in [2.24, 2.45) is 5.92 Å². The molecule has 1 saturated heterocycles. The summed E-state index contributed by atoms with van der Waals surface area (Å²) >= 11 is 0. The van der Waals surface area contributed by atoms with Crippen LogP contribution in [0.2, 0.25) is 0 Å². The molecule has 4 heteroatoms. The second-order valence-electron chi connectivity index (χ2n) is 5.23. The average molecular weight is 263 g/mol. The number of likely N-dealkylation sites (tertiary alicyclic amines) is 1. The van der Waals surface area contributed by atoms with Crippen molar-refractivity contribution < 1.29 is 14.6 Å². The van der Waals surface area contributed by atoms with Gasteiger partial charge in [0.15, 0.2) is 6.61 Å². The summed E-state index contributed by atoms with van der Waals surface area (Å²) < 4.78 is 5.48. The highest BCUT2D eigenvalue weighted by atomic mass is 16.5. The second-order valence-corrected chi connectivity index (χ2v) is 5.23. The summed E-state index contributed by atoms with van der Waals surface area (Å²) in [6.07, 6.45) is 0.518. The number of hydrogen-bond acceptors (Lipinski definition) is 3. The minimum atomic E-state index is -0.351. The number of aryl methyl sites for hydroxylation is 1. The molecule has 1 aromatic rings. The van der Waals surface area contributed by atoms with Gasteiger partial charge in [0.05, 0.1) is 6.10 Å². The van der Waals surface area contributed by atoms with E-state index in [1.165, 1.54) is 0 Å². The molecule has 104 valence electrons. The zero-order valence-corrected chi connectivity index (χ0v) is 11.5. The van der Waals surface area contributed by atoms with Crippen LogP contribution in [0, 0.1) is 12.8 Å². The Morgan fingerprint density at radius 3 is 2.74 bits per heavy atom. The van der Waals surface area contributed by atoms with Crippen LogP contribution in [0.25, 0.3) is 0 Å². The highest BCUT2D eigenvalue weighted by Gasteiger charge is 2.28. The quantitative estimate of drug-likeness (QED) is 0.897. The van der Waals surface area contributed by atoms with Crippen molar-refractivity contribution in [1.82, 2.24) is 4.90 Å². The molecule has 4 nitrogen and oxygen atoms in total. The molecule has 1 heterocycles. The number of carbonyl (C=O) groups excluding carboxylic acids is 1. The Morgan fingerprint density at radius 1 is 1.47 bits per heavy atom. The smallest absolute Gasteiger partial charge is 0.260 e. The van der Waals surface area contributed by atoms with Gasteiger partial charge >= 0.3 is 0 Å². The fourth-order valence-corrected chi connectivity index (χ4v) is 2.28. The van der Waals surface area contributed by atoms with E-state index in [0.29, 0.717) is 18.8 Å². The van der Waals surface area contributed by atoms with Crippen LogP contribution in [0.4, 0.5) is 0 Å². The van der Waals surface area contributed by atoms with Gasteiger partial charge in [-0.2, -0.15) is 0 Å². The van der Waals surface area contributed by atoms with Crippen LogP contribution in [0.1, 0.15) is 18.9 Å². The third kappa shape index (κ3) is 3.70. The van der Waals surface area contributed by atoms with Crippen LogP contribution in [0.15, 0.2) is 24.3 Å². The molecule has 19 heavy (non-hydrogen) atoms. The van der Waals surface area contributed by atoms with Gasteiger partial charge < -0.3 is 14.7 Å². The Hall–Kier alpha value is -1.55. The molecular formula is C15H21NO3. The molecule has 1 amide bonds. The van der Waals surface area contributed by atoms with E-state index in [2.05, 4.69) is 0 Å². The first-order valence-corrected chi connectivity index (χ1v) is 6.71. The van der Waals surface area contributed by atoms with Gasteiger partial charge in [-0.25, -0.2) is 0 Å². The molecule has 1 N–H and O–H groups in total. The molecule has 2 rings (SSSR count). The number of carbonyl (C=O) groups is 1. The highest BCUT2D eigenvalue weighted by Crippen LogP contribution is 2.20. The predicted octanol–water partition coefficient (Wildman–Crippen LogP) is 1.60. The Labute approximate surface area is 114 Å². The van der Waals surface area contributed by atoms with E-state index >= 15 is 0 Å². The van der Waals surface area contributed by atoms with Crippen molar-refractivity contribution in [3.63, 3.8) is 0 Å². The first-order chi connectivity index (χ1) is 9.06. The van der Waals surface area contributed by atoms with Crippen molar-refractivity contribution in [3.8, 4) is 5.75 Å². The number of benzene rings is 1. The third-order valence-corrected chi connectivity index (χ3v) is 3.64. The first-order valence-electron chi connectivity index (χ1n) is 6.71. The fourth-order valence-electron chi connectivity index (χ4n) is 2.28. The van der Waals surface area contributed by atoms with Crippen molar-refractivity contribution in [2.75, 3.05) is 19.7 Å². The molecule has 2 unspecified atom stereocenters. The summed E-state index contributed by atoms with van der Waals surface area (Å²) in [5.74, 6) is 0.900. The van der Waals surface area contributed by atoms with E-state index in [1.807, 2.05) is 31.2 Å². The molecule has 1 fully saturated rings. The fraction of sp³-hybridized carbons (Fsp3) is 0.533. The van der Waals surface area contributed by atoms with Gasteiger partial charge in [-0.3, -0.25) is 4.79 Å². The van der Waals surface area contributed by atoms with E-state index in [-0.39, 0.29) is 24.5 Å². The maximum Gasteiger partial charge on any atom is 0.260 e. The van der Waals surface area contributed by atoms with Crippen molar-refractivity contribution in [1.29, 1.82) is 0 Å². The lowest BCUT2D eigenvalue weighted by Crippen LogP contribution is -2.34. The topological polar surface area (TPSA) is 49.8 Å². The zero-order valence-electron chi connectivity index (χ0n) is 11.5.